The normalized spacial score (nSPS) is 10.8. The largest absolute Gasteiger partial charge is 0.462 e. The number of amides is 2. The summed E-state index contributed by atoms with van der Waals surface area (Å²) in [5.41, 5.74) is 9.21. The third kappa shape index (κ3) is 4.88. The third-order valence-corrected chi connectivity index (χ3v) is 5.88. The number of halogens is 1. The van der Waals surface area contributed by atoms with E-state index in [1.165, 1.54) is 4.90 Å². The molecular formula is C26H23ClN4O4. The maximum Gasteiger partial charge on any atom is 0.339 e. The van der Waals surface area contributed by atoms with Gasteiger partial charge in [-0.25, -0.2) is 9.31 Å². The van der Waals surface area contributed by atoms with Gasteiger partial charge in [0.1, 0.15) is 0 Å². The molecule has 8 nitrogen and oxygen atoms in total. The van der Waals surface area contributed by atoms with Crippen molar-refractivity contribution in [2.75, 3.05) is 18.6 Å². The second-order valence-corrected chi connectivity index (χ2v) is 8.32. The van der Waals surface area contributed by atoms with E-state index >= 15 is 0 Å². The second-order valence-electron chi connectivity index (χ2n) is 7.91. The minimum Gasteiger partial charge on any atom is -0.462 e. The van der Waals surface area contributed by atoms with Crippen LogP contribution in [0.5, 0.6) is 0 Å². The van der Waals surface area contributed by atoms with E-state index in [0.717, 1.165) is 16.6 Å². The molecule has 0 aliphatic carbocycles. The number of ether oxygens (including phenoxy) is 1. The van der Waals surface area contributed by atoms with Crippen LogP contribution in [0, 0.1) is 0 Å². The number of fused-ring (bicyclic) bond motifs is 1. The van der Waals surface area contributed by atoms with Crippen LogP contribution in [-0.4, -0.2) is 41.1 Å². The zero-order chi connectivity index (χ0) is 25.1. The van der Waals surface area contributed by atoms with E-state index in [1.807, 2.05) is 6.92 Å². The van der Waals surface area contributed by atoms with Crippen LogP contribution in [-0.2, 0) is 4.74 Å². The van der Waals surface area contributed by atoms with Gasteiger partial charge in [-0.3, -0.25) is 9.59 Å². The summed E-state index contributed by atoms with van der Waals surface area (Å²) in [6.07, 6.45) is 4.09. The lowest BCUT2D eigenvalue weighted by molar-refractivity contribution is 0.0505. The average Bonchev–Trinajstić information content (AvgIpc) is 3.30. The molecule has 35 heavy (non-hydrogen) atoms. The number of hydrogen-bond donors (Lipinski definition) is 1. The van der Waals surface area contributed by atoms with Gasteiger partial charge in [0, 0.05) is 35.6 Å². The van der Waals surface area contributed by atoms with Crippen molar-refractivity contribution in [3.8, 4) is 11.1 Å². The molecule has 178 valence electrons. The highest BCUT2D eigenvalue weighted by Gasteiger charge is 2.19. The van der Waals surface area contributed by atoms with Gasteiger partial charge in [-0.05, 0) is 54.4 Å². The van der Waals surface area contributed by atoms with E-state index in [2.05, 4.69) is 5.10 Å². The van der Waals surface area contributed by atoms with Gasteiger partial charge < -0.3 is 15.4 Å². The number of primary amides is 1. The molecule has 2 N–H and O–H groups in total. The highest BCUT2D eigenvalue weighted by molar-refractivity contribution is 6.33. The van der Waals surface area contributed by atoms with Crippen LogP contribution in [0.3, 0.4) is 0 Å². The minimum absolute atomic E-state index is 0.199. The molecule has 2 amide bonds. The molecule has 0 spiro atoms. The van der Waals surface area contributed by atoms with Gasteiger partial charge in [0.25, 0.3) is 5.91 Å². The van der Waals surface area contributed by atoms with Gasteiger partial charge in [0.15, 0.2) is 0 Å². The minimum atomic E-state index is -0.535. The topological polar surface area (TPSA) is 107 Å². The Hall–Kier alpha value is -4.17. The van der Waals surface area contributed by atoms with Gasteiger partial charge in [-0.2, -0.15) is 5.10 Å². The SMILES string of the molecule is CCCOC(=O)c1cc(N(C)C(=O)c2ccn3ncc(-c4ccc(C(N)=O)cc4)c3c2)ccc1Cl. The lowest BCUT2D eigenvalue weighted by Gasteiger charge is -2.19. The van der Waals surface area contributed by atoms with Crippen LogP contribution < -0.4 is 10.6 Å². The number of benzene rings is 2. The highest BCUT2D eigenvalue weighted by atomic mass is 35.5. The number of pyridine rings is 1. The second kappa shape index (κ2) is 9.99. The van der Waals surface area contributed by atoms with E-state index in [1.54, 1.807) is 78.6 Å². The van der Waals surface area contributed by atoms with Gasteiger partial charge in [-0.15, -0.1) is 0 Å². The Morgan fingerprint density at radius 2 is 1.80 bits per heavy atom. The zero-order valence-corrected chi connectivity index (χ0v) is 20.0. The molecule has 2 aromatic heterocycles. The summed E-state index contributed by atoms with van der Waals surface area (Å²) in [5.74, 6) is -1.32. The van der Waals surface area contributed by atoms with Crippen molar-refractivity contribution < 1.29 is 19.1 Å². The Kier molecular flexibility index (Phi) is 6.84. The molecule has 2 aromatic carbocycles. The number of carbonyl (C=O) groups is 3. The molecule has 0 unspecified atom stereocenters. The summed E-state index contributed by atoms with van der Waals surface area (Å²) >= 11 is 6.19. The fourth-order valence-electron chi connectivity index (χ4n) is 3.61. The van der Waals surface area contributed by atoms with Crippen molar-refractivity contribution >= 4 is 40.6 Å². The van der Waals surface area contributed by atoms with Crippen molar-refractivity contribution in [2.24, 2.45) is 5.73 Å². The number of hydrogen-bond acceptors (Lipinski definition) is 5. The monoisotopic (exact) mass is 490 g/mol. The summed E-state index contributed by atoms with van der Waals surface area (Å²) in [5, 5.41) is 4.61. The van der Waals surface area contributed by atoms with Crippen molar-refractivity contribution in [2.45, 2.75) is 13.3 Å². The van der Waals surface area contributed by atoms with Crippen LogP contribution in [0.25, 0.3) is 16.6 Å². The lowest BCUT2D eigenvalue weighted by Crippen LogP contribution is -2.26. The number of anilines is 1. The first-order valence-electron chi connectivity index (χ1n) is 10.9. The lowest BCUT2D eigenvalue weighted by atomic mass is 10.0. The molecular weight excluding hydrogens is 468 g/mol. The first kappa shape index (κ1) is 24.0. The van der Waals surface area contributed by atoms with Crippen molar-refractivity contribution in [1.82, 2.24) is 9.61 Å². The molecule has 0 bridgehead atoms. The van der Waals surface area contributed by atoms with Crippen LogP contribution in [0.15, 0.2) is 67.0 Å². The van der Waals surface area contributed by atoms with Gasteiger partial charge in [0.2, 0.25) is 5.91 Å². The van der Waals surface area contributed by atoms with Crippen LogP contribution in [0.4, 0.5) is 5.69 Å². The standard InChI is InChI=1S/C26H23ClN4O4/c1-3-12-35-26(34)20-14-19(8-9-22(20)27)30(2)25(33)18-10-11-31-23(13-18)21(15-29-31)16-4-6-17(7-5-16)24(28)32/h4-11,13-15H,3,12H2,1-2H3,(H2,28,32). The summed E-state index contributed by atoms with van der Waals surface area (Å²) in [6.45, 7) is 2.18. The Labute approximate surface area is 206 Å². The van der Waals surface area contributed by atoms with E-state index in [0.29, 0.717) is 23.2 Å². The predicted molar refractivity (Wildman–Crippen MR) is 134 cm³/mol. The van der Waals surface area contributed by atoms with Gasteiger partial charge >= 0.3 is 5.97 Å². The third-order valence-electron chi connectivity index (χ3n) is 5.55. The summed E-state index contributed by atoms with van der Waals surface area (Å²) < 4.78 is 6.86. The van der Waals surface area contributed by atoms with Crippen LogP contribution >= 0.6 is 11.6 Å². The number of rotatable bonds is 7. The average molecular weight is 491 g/mol. The number of carbonyl (C=O) groups excluding carboxylic acids is 3. The van der Waals surface area contributed by atoms with Crippen molar-refractivity contribution in [3.63, 3.8) is 0 Å². The summed E-state index contributed by atoms with van der Waals surface area (Å²) in [6, 6.07) is 15.1. The van der Waals surface area contributed by atoms with E-state index < -0.39 is 11.9 Å². The smallest absolute Gasteiger partial charge is 0.339 e. The number of nitrogens with two attached hydrogens (primary N) is 1. The predicted octanol–water partition coefficient (Wildman–Crippen LogP) is 4.60. The van der Waals surface area contributed by atoms with Crippen LogP contribution in [0.2, 0.25) is 5.02 Å². The molecule has 4 aromatic rings. The number of nitrogens with zero attached hydrogens (tertiary/aromatic N) is 3. The Morgan fingerprint density at radius 1 is 1.06 bits per heavy atom. The van der Waals surface area contributed by atoms with Crippen LogP contribution in [0.1, 0.15) is 44.4 Å². The molecule has 0 fully saturated rings. The molecule has 2 heterocycles. The Morgan fingerprint density at radius 3 is 2.49 bits per heavy atom. The van der Waals surface area contributed by atoms with E-state index in [4.69, 9.17) is 22.1 Å². The van der Waals surface area contributed by atoms with Gasteiger partial charge in [0.05, 0.1) is 28.9 Å². The molecule has 0 aliphatic rings. The fraction of sp³-hybridized carbons (Fsp3) is 0.154. The fourth-order valence-corrected chi connectivity index (χ4v) is 3.81. The summed E-state index contributed by atoms with van der Waals surface area (Å²) in [4.78, 5) is 38.5. The maximum absolute atomic E-state index is 13.3. The molecule has 0 aliphatic heterocycles. The number of aromatic nitrogens is 2. The van der Waals surface area contributed by atoms with E-state index in [9.17, 15) is 14.4 Å². The Bertz CT molecular complexity index is 1430. The molecule has 0 atom stereocenters. The Balaban J connectivity index is 1.64. The molecule has 9 heteroatoms. The van der Waals surface area contributed by atoms with Gasteiger partial charge in [-0.1, -0.05) is 30.7 Å². The maximum atomic E-state index is 13.3. The molecule has 4 rings (SSSR count). The first-order chi connectivity index (χ1) is 16.8. The quantitative estimate of drug-likeness (QED) is 0.381. The van der Waals surface area contributed by atoms with Crippen molar-refractivity contribution in [1.29, 1.82) is 0 Å². The molecule has 0 saturated heterocycles. The first-order valence-corrected chi connectivity index (χ1v) is 11.3. The van der Waals surface area contributed by atoms with Crippen molar-refractivity contribution in [3.05, 3.63) is 88.7 Å². The number of esters is 1. The zero-order valence-electron chi connectivity index (χ0n) is 19.2. The summed E-state index contributed by atoms with van der Waals surface area (Å²) in [7, 11) is 1.62. The molecule has 0 saturated carbocycles. The van der Waals surface area contributed by atoms with E-state index in [-0.39, 0.29) is 23.1 Å². The molecule has 0 radical (unpaired) electrons. The highest BCUT2D eigenvalue weighted by Crippen LogP contribution is 2.28.